The molecule has 1 atom stereocenters. The number of hydrogen-bond donors (Lipinski definition) is 1. The van der Waals surface area contributed by atoms with E-state index in [0.717, 1.165) is 13.2 Å². The third-order valence-electron chi connectivity index (χ3n) is 2.77. The largest absolute Gasteiger partial charge is 0.383 e. The van der Waals surface area contributed by atoms with Crippen LogP contribution in [0.2, 0.25) is 19.6 Å². The van der Waals surface area contributed by atoms with Crippen LogP contribution in [-0.2, 0) is 11.3 Å². The van der Waals surface area contributed by atoms with Crippen LogP contribution in [0.1, 0.15) is 5.56 Å². The Morgan fingerprint density at radius 1 is 1.19 bits per heavy atom. The van der Waals surface area contributed by atoms with E-state index in [1.807, 2.05) is 0 Å². The average molecular weight is 237 g/mol. The first-order valence-corrected chi connectivity index (χ1v) is 9.38. The van der Waals surface area contributed by atoms with Gasteiger partial charge in [0.1, 0.15) is 0 Å². The van der Waals surface area contributed by atoms with Crippen molar-refractivity contribution in [2.24, 2.45) is 0 Å². The van der Waals surface area contributed by atoms with Crippen LogP contribution in [0.15, 0.2) is 30.3 Å². The SMILES string of the molecule is COCC(NCc1ccccc1)[Si](C)(C)C. The summed E-state index contributed by atoms with van der Waals surface area (Å²) in [7, 11) is 0.578. The third kappa shape index (κ3) is 4.47. The van der Waals surface area contributed by atoms with Crippen LogP contribution in [0.4, 0.5) is 0 Å². The fourth-order valence-electron chi connectivity index (χ4n) is 1.62. The Balaban J connectivity index is 2.51. The van der Waals surface area contributed by atoms with Gasteiger partial charge in [0, 0.05) is 19.3 Å². The molecule has 0 heterocycles. The van der Waals surface area contributed by atoms with E-state index in [0.29, 0.717) is 5.67 Å². The van der Waals surface area contributed by atoms with Crippen LogP contribution < -0.4 is 5.32 Å². The van der Waals surface area contributed by atoms with Gasteiger partial charge < -0.3 is 10.1 Å². The van der Waals surface area contributed by atoms with Gasteiger partial charge in [-0.1, -0.05) is 50.0 Å². The second-order valence-corrected chi connectivity index (χ2v) is 10.7. The smallest absolute Gasteiger partial charge is 0.0664 e. The third-order valence-corrected chi connectivity index (χ3v) is 5.24. The van der Waals surface area contributed by atoms with Crippen LogP contribution in [0.5, 0.6) is 0 Å². The maximum absolute atomic E-state index is 5.29. The maximum atomic E-state index is 5.29. The Morgan fingerprint density at radius 3 is 2.31 bits per heavy atom. The Labute approximate surface area is 100 Å². The first-order chi connectivity index (χ1) is 7.54. The first kappa shape index (κ1) is 13.4. The van der Waals surface area contributed by atoms with Crippen LogP contribution in [0, 0.1) is 0 Å². The summed E-state index contributed by atoms with van der Waals surface area (Å²) in [6, 6.07) is 10.5. The van der Waals surface area contributed by atoms with Crippen LogP contribution in [-0.4, -0.2) is 27.5 Å². The summed E-state index contributed by atoms with van der Waals surface area (Å²) in [5, 5.41) is 3.61. The second-order valence-electron chi connectivity index (χ2n) is 5.24. The molecule has 0 saturated carbocycles. The van der Waals surface area contributed by atoms with Crippen molar-refractivity contribution < 1.29 is 4.74 Å². The van der Waals surface area contributed by atoms with Crippen molar-refractivity contribution in [3.8, 4) is 0 Å². The zero-order valence-corrected chi connectivity index (χ0v) is 11.8. The Kier molecular flexibility index (Phi) is 5.18. The van der Waals surface area contributed by atoms with Gasteiger partial charge in [-0.2, -0.15) is 0 Å². The van der Waals surface area contributed by atoms with Gasteiger partial charge in [0.05, 0.1) is 14.7 Å². The minimum Gasteiger partial charge on any atom is -0.383 e. The van der Waals surface area contributed by atoms with E-state index in [2.05, 4.69) is 55.3 Å². The summed E-state index contributed by atoms with van der Waals surface area (Å²) < 4.78 is 5.29. The van der Waals surface area contributed by atoms with Crippen LogP contribution in [0.3, 0.4) is 0 Å². The molecule has 0 fully saturated rings. The minimum atomic E-state index is -1.20. The summed E-state index contributed by atoms with van der Waals surface area (Å²) in [6.07, 6.45) is 0. The van der Waals surface area contributed by atoms with E-state index in [9.17, 15) is 0 Å². The molecule has 1 aromatic carbocycles. The number of methoxy groups -OCH3 is 1. The molecule has 0 saturated heterocycles. The Bertz CT molecular complexity index is 295. The molecule has 0 aliphatic carbocycles. The Hall–Kier alpha value is -0.643. The highest BCUT2D eigenvalue weighted by Crippen LogP contribution is 2.09. The van der Waals surface area contributed by atoms with Crippen molar-refractivity contribution >= 4 is 8.07 Å². The summed E-state index contributed by atoms with van der Waals surface area (Å²) in [4.78, 5) is 0. The fraction of sp³-hybridized carbons (Fsp3) is 0.538. The summed E-state index contributed by atoms with van der Waals surface area (Å²) in [5.74, 6) is 0. The lowest BCUT2D eigenvalue weighted by molar-refractivity contribution is 0.186. The molecule has 1 N–H and O–H groups in total. The van der Waals surface area contributed by atoms with Crippen molar-refractivity contribution in [3.05, 3.63) is 35.9 Å². The molecule has 2 nitrogen and oxygen atoms in total. The predicted molar refractivity (Wildman–Crippen MR) is 72.3 cm³/mol. The summed E-state index contributed by atoms with van der Waals surface area (Å²) in [6.45, 7) is 8.85. The predicted octanol–water partition coefficient (Wildman–Crippen LogP) is 2.67. The zero-order valence-electron chi connectivity index (χ0n) is 10.8. The number of benzene rings is 1. The molecule has 0 bridgehead atoms. The fourth-order valence-corrected chi connectivity index (χ4v) is 3.00. The summed E-state index contributed by atoms with van der Waals surface area (Å²) >= 11 is 0. The maximum Gasteiger partial charge on any atom is 0.0664 e. The lowest BCUT2D eigenvalue weighted by Gasteiger charge is -2.29. The first-order valence-electron chi connectivity index (χ1n) is 5.80. The molecule has 0 aliphatic rings. The highest BCUT2D eigenvalue weighted by atomic mass is 28.3. The number of rotatable bonds is 6. The van der Waals surface area contributed by atoms with E-state index in [-0.39, 0.29) is 0 Å². The highest BCUT2D eigenvalue weighted by Gasteiger charge is 2.25. The monoisotopic (exact) mass is 237 g/mol. The van der Waals surface area contributed by atoms with Crippen molar-refractivity contribution in [2.45, 2.75) is 31.9 Å². The molecule has 1 aromatic rings. The number of ether oxygens (including phenoxy) is 1. The van der Waals surface area contributed by atoms with E-state index in [1.54, 1.807) is 7.11 Å². The molecule has 0 aliphatic heterocycles. The molecule has 90 valence electrons. The quantitative estimate of drug-likeness (QED) is 0.768. The molecule has 0 spiro atoms. The molecule has 0 aromatic heterocycles. The van der Waals surface area contributed by atoms with Gasteiger partial charge in [0.2, 0.25) is 0 Å². The van der Waals surface area contributed by atoms with Crippen LogP contribution in [0.25, 0.3) is 0 Å². The summed E-state index contributed by atoms with van der Waals surface area (Å²) in [5.41, 5.74) is 1.85. The van der Waals surface area contributed by atoms with E-state index < -0.39 is 8.07 Å². The number of hydrogen-bond acceptors (Lipinski definition) is 2. The highest BCUT2D eigenvalue weighted by molar-refractivity contribution is 6.77. The topological polar surface area (TPSA) is 21.3 Å². The van der Waals surface area contributed by atoms with Gasteiger partial charge in [-0.25, -0.2) is 0 Å². The minimum absolute atomic E-state index is 0.512. The van der Waals surface area contributed by atoms with E-state index in [1.165, 1.54) is 5.56 Å². The van der Waals surface area contributed by atoms with Gasteiger partial charge in [-0.05, 0) is 5.56 Å². The van der Waals surface area contributed by atoms with Crippen molar-refractivity contribution in [1.29, 1.82) is 0 Å². The number of nitrogens with one attached hydrogen (secondary N) is 1. The average Bonchev–Trinajstić information content (AvgIpc) is 2.24. The standard InChI is InChI=1S/C13H23NOSi/c1-15-11-13(16(2,3)4)14-10-12-8-6-5-7-9-12/h5-9,13-14H,10-11H2,1-4H3. The molecule has 1 rings (SSSR count). The van der Waals surface area contributed by atoms with Crippen molar-refractivity contribution in [2.75, 3.05) is 13.7 Å². The van der Waals surface area contributed by atoms with Gasteiger partial charge in [0.15, 0.2) is 0 Å². The molecular weight excluding hydrogens is 214 g/mol. The Morgan fingerprint density at radius 2 is 1.81 bits per heavy atom. The second kappa shape index (κ2) is 6.18. The molecule has 0 amide bonds. The van der Waals surface area contributed by atoms with E-state index in [4.69, 9.17) is 4.74 Å². The van der Waals surface area contributed by atoms with Crippen LogP contribution >= 0.6 is 0 Å². The van der Waals surface area contributed by atoms with Gasteiger partial charge in [-0.15, -0.1) is 0 Å². The van der Waals surface area contributed by atoms with E-state index >= 15 is 0 Å². The molecular formula is C13H23NOSi. The molecule has 0 radical (unpaired) electrons. The normalized spacial score (nSPS) is 13.8. The lowest BCUT2D eigenvalue weighted by Crippen LogP contribution is -2.51. The zero-order chi connectivity index (χ0) is 12.0. The van der Waals surface area contributed by atoms with Crippen molar-refractivity contribution in [1.82, 2.24) is 5.32 Å². The lowest BCUT2D eigenvalue weighted by atomic mass is 10.2. The van der Waals surface area contributed by atoms with Gasteiger partial charge in [-0.3, -0.25) is 0 Å². The van der Waals surface area contributed by atoms with Gasteiger partial charge >= 0.3 is 0 Å². The van der Waals surface area contributed by atoms with Gasteiger partial charge in [0.25, 0.3) is 0 Å². The molecule has 1 unspecified atom stereocenters. The molecule has 3 heteroatoms. The van der Waals surface area contributed by atoms with Crippen molar-refractivity contribution in [3.63, 3.8) is 0 Å². The molecule has 16 heavy (non-hydrogen) atoms.